The van der Waals surface area contributed by atoms with E-state index in [0.29, 0.717) is 0 Å². The maximum absolute atomic E-state index is 10.7. The molecule has 66 valence electrons. The Labute approximate surface area is 67.9 Å². The van der Waals surface area contributed by atoms with Gasteiger partial charge in [0.25, 0.3) is 0 Å². The zero-order chi connectivity index (χ0) is 9.14. The summed E-state index contributed by atoms with van der Waals surface area (Å²) in [7, 11) is 0. The molecule has 3 N–H and O–H groups in total. The topological polar surface area (TPSA) is 95.5 Å². The van der Waals surface area contributed by atoms with Crippen LogP contribution < -0.4 is 10.6 Å². The van der Waals surface area contributed by atoms with E-state index in [1.54, 1.807) is 0 Å². The van der Waals surface area contributed by atoms with Gasteiger partial charge in [0.1, 0.15) is 0 Å². The molecule has 0 radical (unpaired) electrons. The van der Waals surface area contributed by atoms with Crippen LogP contribution in [0.4, 0.5) is 0 Å². The van der Waals surface area contributed by atoms with Gasteiger partial charge in [0.2, 0.25) is 0 Å². The predicted molar refractivity (Wildman–Crippen MR) is 37.2 cm³/mol. The van der Waals surface area contributed by atoms with Gasteiger partial charge in [-0.1, -0.05) is 0 Å². The standard InChI is InChI=1S/C6H8N2O4/c9-4(10)1-3-2-7-5(11)6(12)8-3/h3H,1-2H2,(H,7,11)(H,8,12)(H,9,10). The first-order valence-corrected chi connectivity index (χ1v) is 3.40. The van der Waals surface area contributed by atoms with E-state index in [1.165, 1.54) is 0 Å². The van der Waals surface area contributed by atoms with E-state index in [1.807, 2.05) is 0 Å². The number of carboxylic acids is 1. The molecule has 0 aromatic heterocycles. The number of hydrogen-bond acceptors (Lipinski definition) is 3. The van der Waals surface area contributed by atoms with Gasteiger partial charge in [0.15, 0.2) is 0 Å². The SMILES string of the molecule is O=C(O)CC1CNC(=O)C(=O)N1. The first-order valence-electron chi connectivity index (χ1n) is 3.40. The van der Waals surface area contributed by atoms with E-state index >= 15 is 0 Å². The van der Waals surface area contributed by atoms with Crippen LogP contribution in [0.1, 0.15) is 6.42 Å². The molecule has 6 heteroatoms. The fourth-order valence-corrected chi connectivity index (χ4v) is 0.932. The van der Waals surface area contributed by atoms with E-state index in [2.05, 4.69) is 10.6 Å². The quantitative estimate of drug-likeness (QED) is 0.423. The van der Waals surface area contributed by atoms with Crippen molar-refractivity contribution < 1.29 is 19.5 Å². The van der Waals surface area contributed by atoms with Crippen molar-refractivity contribution in [3.05, 3.63) is 0 Å². The molecular weight excluding hydrogens is 164 g/mol. The van der Waals surface area contributed by atoms with Gasteiger partial charge in [-0.25, -0.2) is 0 Å². The van der Waals surface area contributed by atoms with Crippen LogP contribution in [0.5, 0.6) is 0 Å². The number of amides is 2. The van der Waals surface area contributed by atoms with Gasteiger partial charge in [-0.05, 0) is 0 Å². The van der Waals surface area contributed by atoms with Gasteiger partial charge >= 0.3 is 17.8 Å². The first-order chi connectivity index (χ1) is 5.59. The second-order valence-electron chi connectivity index (χ2n) is 2.48. The molecule has 1 saturated heterocycles. The number of carbonyl (C=O) groups is 3. The summed E-state index contributed by atoms with van der Waals surface area (Å²) in [5.41, 5.74) is 0. The molecule has 1 unspecified atom stereocenters. The van der Waals surface area contributed by atoms with Crippen molar-refractivity contribution in [3.63, 3.8) is 0 Å². The summed E-state index contributed by atoms with van der Waals surface area (Å²) >= 11 is 0. The number of carboxylic acid groups (broad SMARTS) is 1. The molecule has 1 rings (SSSR count). The van der Waals surface area contributed by atoms with Gasteiger partial charge in [-0.2, -0.15) is 0 Å². The average Bonchev–Trinajstić information content (AvgIpc) is 1.96. The van der Waals surface area contributed by atoms with Crippen LogP contribution in [0.2, 0.25) is 0 Å². The Kier molecular flexibility index (Phi) is 2.27. The van der Waals surface area contributed by atoms with Gasteiger partial charge in [0, 0.05) is 6.54 Å². The second-order valence-corrected chi connectivity index (χ2v) is 2.48. The molecule has 0 saturated carbocycles. The highest BCUT2D eigenvalue weighted by Crippen LogP contribution is 1.94. The van der Waals surface area contributed by atoms with E-state index in [9.17, 15) is 14.4 Å². The normalized spacial score (nSPS) is 22.8. The van der Waals surface area contributed by atoms with Crippen molar-refractivity contribution in [2.24, 2.45) is 0 Å². The number of carbonyl (C=O) groups excluding carboxylic acids is 2. The smallest absolute Gasteiger partial charge is 0.309 e. The molecule has 1 atom stereocenters. The van der Waals surface area contributed by atoms with E-state index in [4.69, 9.17) is 5.11 Å². The van der Waals surface area contributed by atoms with Crippen LogP contribution in [0.25, 0.3) is 0 Å². The van der Waals surface area contributed by atoms with E-state index < -0.39 is 23.8 Å². The Morgan fingerprint density at radius 3 is 2.67 bits per heavy atom. The monoisotopic (exact) mass is 172 g/mol. The van der Waals surface area contributed by atoms with Crippen molar-refractivity contribution in [1.29, 1.82) is 0 Å². The summed E-state index contributed by atoms with van der Waals surface area (Å²) in [5.74, 6) is -2.49. The average molecular weight is 172 g/mol. The third-order valence-corrected chi connectivity index (χ3v) is 1.47. The van der Waals surface area contributed by atoms with Crippen LogP contribution in [-0.4, -0.2) is 35.5 Å². The number of rotatable bonds is 2. The summed E-state index contributed by atoms with van der Waals surface area (Å²) in [5, 5.41) is 12.9. The second kappa shape index (κ2) is 3.21. The van der Waals surface area contributed by atoms with Crippen molar-refractivity contribution in [3.8, 4) is 0 Å². The lowest BCUT2D eigenvalue weighted by Gasteiger charge is -2.21. The molecule has 0 aromatic carbocycles. The Hall–Kier alpha value is -1.59. The first kappa shape index (κ1) is 8.51. The highest BCUT2D eigenvalue weighted by atomic mass is 16.4. The maximum Gasteiger partial charge on any atom is 0.309 e. The van der Waals surface area contributed by atoms with Crippen molar-refractivity contribution in [2.75, 3.05) is 6.54 Å². The van der Waals surface area contributed by atoms with Crippen LogP contribution in [0, 0.1) is 0 Å². The van der Waals surface area contributed by atoms with E-state index in [0.717, 1.165) is 0 Å². The fourth-order valence-electron chi connectivity index (χ4n) is 0.932. The Morgan fingerprint density at radius 1 is 1.50 bits per heavy atom. The lowest BCUT2D eigenvalue weighted by Crippen LogP contribution is -2.56. The minimum absolute atomic E-state index is 0.175. The van der Waals surface area contributed by atoms with Crippen molar-refractivity contribution in [2.45, 2.75) is 12.5 Å². The lowest BCUT2D eigenvalue weighted by molar-refractivity contribution is -0.143. The van der Waals surface area contributed by atoms with Crippen molar-refractivity contribution in [1.82, 2.24) is 10.6 Å². The molecule has 0 aromatic rings. The molecule has 1 heterocycles. The lowest BCUT2D eigenvalue weighted by atomic mass is 10.1. The minimum atomic E-state index is -1.00. The summed E-state index contributed by atoms with van der Waals surface area (Å²) in [6.07, 6.45) is -0.175. The van der Waals surface area contributed by atoms with Gasteiger partial charge in [-0.15, -0.1) is 0 Å². The maximum atomic E-state index is 10.7. The van der Waals surface area contributed by atoms with Crippen LogP contribution >= 0.6 is 0 Å². The molecule has 0 aliphatic carbocycles. The summed E-state index contributed by atoms with van der Waals surface area (Å²) in [6.45, 7) is 0.177. The number of hydrogen-bond donors (Lipinski definition) is 3. The highest BCUT2D eigenvalue weighted by molar-refractivity contribution is 6.35. The summed E-state index contributed by atoms with van der Waals surface area (Å²) in [4.78, 5) is 31.4. The van der Waals surface area contributed by atoms with Crippen LogP contribution in [0.15, 0.2) is 0 Å². The van der Waals surface area contributed by atoms with Gasteiger partial charge in [-0.3, -0.25) is 14.4 Å². The summed E-state index contributed by atoms with van der Waals surface area (Å²) in [6, 6.07) is -0.493. The Bertz CT molecular complexity index is 238. The van der Waals surface area contributed by atoms with Gasteiger partial charge in [0.05, 0.1) is 12.5 Å². The number of piperazine rings is 1. The van der Waals surface area contributed by atoms with Crippen LogP contribution in [0.3, 0.4) is 0 Å². The minimum Gasteiger partial charge on any atom is -0.481 e. The molecule has 1 fully saturated rings. The fraction of sp³-hybridized carbons (Fsp3) is 0.500. The molecule has 2 amide bonds. The van der Waals surface area contributed by atoms with E-state index in [-0.39, 0.29) is 13.0 Å². The predicted octanol–water partition coefficient (Wildman–Crippen LogP) is -1.92. The zero-order valence-electron chi connectivity index (χ0n) is 6.16. The Morgan fingerprint density at radius 2 is 2.17 bits per heavy atom. The number of nitrogens with one attached hydrogen (secondary N) is 2. The molecule has 1 aliphatic heterocycles. The van der Waals surface area contributed by atoms with Crippen LogP contribution in [-0.2, 0) is 14.4 Å². The Balaban J connectivity index is 2.45. The molecule has 1 aliphatic rings. The molecule has 6 nitrogen and oxygen atoms in total. The third-order valence-electron chi connectivity index (χ3n) is 1.47. The largest absolute Gasteiger partial charge is 0.481 e. The van der Waals surface area contributed by atoms with Crippen molar-refractivity contribution >= 4 is 17.8 Å². The molecule has 12 heavy (non-hydrogen) atoms. The molecule has 0 spiro atoms. The number of aliphatic carboxylic acids is 1. The van der Waals surface area contributed by atoms with Gasteiger partial charge < -0.3 is 15.7 Å². The summed E-state index contributed by atoms with van der Waals surface area (Å²) < 4.78 is 0. The third kappa shape index (κ3) is 1.94. The highest BCUT2D eigenvalue weighted by Gasteiger charge is 2.25. The zero-order valence-corrected chi connectivity index (χ0v) is 6.16. The molecular formula is C6H8N2O4. The molecule has 0 bridgehead atoms.